The minimum atomic E-state index is -0.644. The lowest BCUT2D eigenvalue weighted by Crippen LogP contribution is -2.49. The van der Waals surface area contributed by atoms with Gasteiger partial charge in [0.05, 0.1) is 18.6 Å². The van der Waals surface area contributed by atoms with Gasteiger partial charge in [0.1, 0.15) is 0 Å². The van der Waals surface area contributed by atoms with E-state index in [1.165, 1.54) is 12.7 Å². The van der Waals surface area contributed by atoms with Crippen molar-refractivity contribution >= 4 is 5.97 Å². The van der Waals surface area contributed by atoms with E-state index in [9.17, 15) is 4.79 Å². The fourth-order valence-electron chi connectivity index (χ4n) is 2.60. The molecule has 1 aromatic heterocycles. The Kier molecular flexibility index (Phi) is 3.15. The van der Waals surface area contributed by atoms with Crippen molar-refractivity contribution in [1.29, 1.82) is 0 Å². The fourth-order valence-corrected chi connectivity index (χ4v) is 2.60. The highest BCUT2D eigenvalue weighted by molar-refractivity contribution is 5.74. The van der Waals surface area contributed by atoms with Gasteiger partial charge in [0.15, 0.2) is 0 Å². The normalized spacial score (nSPS) is 24.9. The molecule has 92 valence electrons. The number of hydrogen-bond donors (Lipinski definition) is 1. The molecule has 0 aromatic carbocycles. The first kappa shape index (κ1) is 12.0. The number of ether oxygens (including phenoxy) is 1. The van der Waals surface area contributed by atoms with Crippen LogP contribution in [0.2, 0.25) is 0 Å². The maximum absolute atomic E-state index is 11.7. The van der Waals surface area contributed by atoms with Crippen LogP contribution in [0.25, 0.3) is 0 Å². The maximum Gasteiger partial charge on any atom is 0.310 e. The Labute approximate surface area is 101 Å². The number of rotatable bonds is 2. The van der Waals surface area contributed by atoms with E-state index in [4.69, 9.17) is 10.5 Å². The van der Waals surface area contributed by atoms with Gasteiger partial charge in [-0.3, -0.25) is 9.78 Å². The van der Waals surface area contributed by atoms with Crippen LogP contribution < -0.4 is 5.73 Å². The Bertz CT molecular complexity index is 433. The first-order valence-electron chi connectivity index (χ1n) is 5.89. The number of nitrogens with two attached hydrogens (primary N) is 1. The molecule has 0 saturated heterocycles. The number of hydrogen-bond acceptors (Lipinski definition) is 4. The second-order valence-corrected chi connectivity index (χ2v) is 4.67. The highest BCUT2D eigenvalue weighted by Gasteiger charge is 2.41. The summed E-state index contributed by atoms with van der Waals surface area (Å²) in [7, 11) is 1.40. The third kappa shape index (κ3) is 1.93. The SMILES string of the molecule is COC(=O)[C@@H](C)[C@@]1(N)CCCc2ccncc21. The van der Waals surface area contributed by atoms with Crippen molar-refractivity contribution in [3.05, 3.63) is 29.6 Å². The zero-order chi connectivity index (χ0) is 12.5. The molecule has 0 fully saturated rings. The van der Waals surface area contributed by atoms with E-state index in [1.807, 2.05) is 13.0 Å². The van der Waals surface area contributed by atoms with Crippen molar-refractivity contribution in [3.8, 4) is 0 Å². The van der Waals surface area contributed by atoms with Crippen molar-refractivity contribution in [2.24, 2.45) is 11.7 Å². The van der Waals surface area contributed by atoms with E-state index in [1.54, 1.807) is 12.4 Å². The smallest absolute Gasteiger partial charge is 0.310 e. The van der Waals surface area contributed by atoms with Crippen molar-refractivity contribution in [3.63, 3.8) is 0 Å². The largest absolute Gasteiger partial charge is 0.469 e. The van der Waals surface area contributed by atoms with Crippen LogP contribution in [0.4, 0.5) is 0 Å². The predicted molar refractivity (Wildman–Crippen MR) is 64.2 cm³/mol. The lowest BCUT2D eigenvalue weighted by atomic mass is 9.71. The fraction of sp³-hybridized carbons (Fsp3) is 0.538. The second kappa shape index (κ2) is 4.45. The third-order valence-corrected chi connectivity index (χ3v) is 3.78. The molecule has 1 aliphatic carbocycles. The molecule has 4 nitrogen and oxygen atoms in total. The number of fused-ring (bicyclic) bond motifs is 1. The highest BCUT2D eigenvalue weighted by Crippen LogP contribution is 2.38. The number of carbonyl (C=O) groups is 1. The zero-order valence-corrected chi connectivity index (χ0v) is 10.3. The summed E-state index contributed by atoms with van der Waals surface area (Å²) in [4.78, 5) is 15.8. The molecule has 0 spiro atoms. The zero-order valence-electron chi connectivity index (χ0n) is 10.3. The topological polar surface area (TPSA) is 65.2 Å². The molecule has 17 heavy (non-hydrogen) atoms. The van der Waals surface area contributed by atoms with Crippen molar-refractivity contribution in [2.75, 3.05) is 7.11 Å². The lowest BCUT2D eigenvalue weighted by Gasteiger charge is -2.38. The standard InChI is InChI=1S/C13H18N2O2/c1-9(12(16)17-2)13(14)6-3-4-10-5-7-15-8-11(10)13/h5,7-9H,3-4,6,14H2,1-2H3/t9-,13+/m1/s1. The summed E-state index contributed by atoms with van der Waals surface area (Å²) in [6, 6.07) is 1.99. The molecular formula is C13H18N2O2. The Balaban J connectivity index is 2.42. The van der Waals surface area contributed by atoms with E-state index in [-0.39, 0.29) is 11.9 Å². The minimum absolute atomic E-state index is 0.260. The number of aryl methyl sites for hydroxylation is 1. The van der Waals surface area contributed by atoms with Gasteiger partial charge in [-0.2, -0.15) is 0 Å². The van der Waals surface area contributed by atoms with Gasteiger partial charge in [-0.15, -0.1) is 0 Å². The van der Waals surface area contributed by atoms with Crippen LogP contribution in [0.1, 0.15) is 30.9 Å². The average molecular weight is 234 g/mol. The summed E-state index contributed by atoms with van der Waals surface area (Å²) in [6.07, 6.45) is 6.35. The van der Waals surface area contributed by atoms with Gasteiger partial charge in [0.2, 0.25) is 0 Å². The van der Waals surface area contributed by atoms with Gasteiger partial charge < -0.3 is 10.5 Å². The molecule has 0 amide bonds. The molecule has 2 atom stereocenters. The number of nitrogens with zero attached hydrogens (tertiary/aromatic N) is 1. The summed E-state index contributed by atoms with van der Waals surface area (Å²) in [5, 5.41) is 0. The van der Waals surface area contributed by atoms with Crippen LogP contribution in [0.3, 0.4) is 0 Å². The van der Waals surface area contributed by atoms with Gasteiger partial charge in [-0.1, -0.05) is 0 Å². The van der Waals surface area contributed by atoms with Crippen molar-refractivity contribution < 1.29 is 9.53 Å². The molecule has 1 aromatic rings. The number of methoxy groups -OCH3 is 1. The van der Waals surface area contributed by atoms with Crippen LogP contribution in [0.15, 0.2) is 18.5 Å². The Morgan fingerprint density at radius 1 is 1.65 bits per heavy atom. The Morgan fingerprint density at radius 3 is 3.12 bits per heavy atom. The third-order valence-electron chi connectivity index (χ3n) is 3.78. The molecular weight excluding hydrogens is 216 g/mol. The first-order chi connectivity index (χ1) is 8.09. The summed E-state index contributed by atoms with van der Waals surface area (Å²) in [5.74, 6) is -0.611. The summed E-state index contributed by atoms with van der Waals surface area (Å²) in [5.41, 5.74) is 7.99. The van der Waals surface area contributed by atoms with Gasteiger partial charge in [0.25, 0.3) is 0 Å². The summed E-state index contributed by atoms with van der Waals surface area (Å²) >= 11 is 0. The average Bonchev–Trinajstić information content (AvgIpc) is 2.37. The number of carbonyl (C=O) groups excluding carboxylic acids is 1. The lowest BCUT2D eigenvalue weighted by molar-refractivity contribution is -0.147. The maximum atomic E-state index is 11.7. The van der Waals surface area contributed by atoms with Crippen LogP contribution >= 0.6 is 0 Å². The van der Waals surface area contributed by atoms with E-state index in [0.29, 0.717) is 0 Å². The number of pyridine rings is 1. The number of aromatic nitrogens is 1. The van der Waals surface area contributed by atoms with Crippen molar-refractivity contribution in [1.82, 2.24) is 4.98 Å². The molecule has 1 heterocycles. The second-order valence-electron chi connectivity index (χ2n) is 4.67. The summed E-state index contributed by atoms with van der Waals surface area (Å²) in [6.45, 7) is 1.83. The Morgan fingerprint density at radius 2 is 2.41 bits per heavy atom. The van der Waals surface area contributed by atoms with Gasteiger partial charge in [-0.05, 0) is 43.4 Å². The quantitative estimate of drug-likeness (QED) is 0.785. The first-order valence-corrected chi connectivity index (χ1v) is 5.89. The van der Waals surface area contributed by atoms with Crippen LogP contribution in [0, 0.1) is 5.92 Å². The molecule has 4 heteroatoms. The van der Waals surface area contributed by atoms with E-state index < -0.39 is 5.54 Å². The van der Waals surface area contributed by atoms with E-state index in [2.05, 4.69) is 4.98 Å². The van der Waals surface area contributed by atoms with Gasteiger partial charge >= 0.3 is 5.97 Å². The van der Waals surface area contributed by atoms with Gasteiger partial charge in [0, 0.05) is 12.4 Å². The Hall–Kier alpha value is -1.42. The molecule has 2 rings (SSSR count). The monoisotopic (exact) mass is 234 g/mol. The van der Waals surface area contributed by atoms with Crippen molar-refractivity contribution in [2.45, 2.75) is 31.7 Å². The van der Waals surface area contributed by atoms with Gasteiger partial charge in [-0.25, -0.2) is 0 Å². The van der Waals surface area contributed by atoms with E-state index >= 15 is 0 Å². The van der Waals surface area contributed by atoms with Crippen LogP contribution in [-0.2, 0) is 21.5 Å². The minimum Gasteiger partial charge on any atom is -0.469 e. The molecule has 0 unspecified atom stereocenters. The highest BCUT2D eigenvalue weighted by atomic mass is 16.5. The molecule has 0 saturated carbocycles. The van der Waals surface area contributed by atoms with Crippen LogP contribution in [-0.4, -0.2) is 18.1 Å². The predicted octanol–water partition coefficient (Wildman–Crippen LogP) is 1.38. The molecule has 0 bridgehead atoms. The number of esters is 1. The molecule has 2 N–H and O–H groups in total. The van der Waals surface area contributed by atoms with Crippen LogP contribution in [0.5, 0.6) is 0 Å². The molecule has 0 radical (unpaired) electrons. The molecule has 1 aliphatic rings. The van der Waals surface area contributed by atoms with E-state index in [0.717, 1.165) is 24.8 Å². The molecule has 0 aliphatic heterocycles. The summed E-state index contributed by atoms with van der Waals surface area (Å²) < 4.78 is 4.81.